The lowest BCUT2D eigenvalue weighted by molar-refractivity contribution is -0.133. The van der Waals surface area contributed by atoms with Gasteiger partial charge in [-0.1, -0.05) is 0 Å². The number of likely N-dealkylation sites (tertiary alicyclic amines) is 1. The Morgan fingerprint density at radius 2 is 2.24 bits per heavy atom. The van der Waals surface area contributed by atoms with Crippen LogP contribution in [-0.2, 0) is 4.79 Å². The zero-order chi connectivity index (χ0) is 18.7. The summed E-state index contributed by atoms with van der Waals surface area (Å²) in [6.45, 7) is 4.24. The first-order valence-electron chi connectivity index (χ1n) is 8.57. The highest BCUT2D eigenvalue weighted by atomic mass is 32.2. The second-order valence-corrected chi connectivity index (χ2v) is 7.49. The molecule has 1 saturated heterocycles. The highest BCUT2D eigenvalue weighted by Crippen LogP contribution is 2.25. The number of hydrogen-bond acceptors (Lipinski definition) is 6. The number of hydrogen-bond donors (Lipinski definition) is 3. The molecule has 0 aromatic carbocycles. The molecular weight excluding hydrogens is 354 g/mol. The molecule has 1 amide bonds. The van der Waals surface area contributed by atoms with Crippen LogP contribution >= 0.6 is 24.4 Å². The average molecular weight is 386 g/mol. The van der Waals surface area contributed by atoms with Crippen LogP contribution in [0.4, 0.5) is 0 Å². The van der Waals surface area contributed by atoms with Gasteiger partial charge in [0.05, 0.1) is 16.9 Å². The molecule has 1 aliphatic rings. The van der Waals surface area contributed by atoms with Gasteiger partial charge in [0.15, 0.2) is 0 Å². The summed E-state index contributed by atoms with van der Waals surface area (Å²) in [5.74, 6) is 1.11. The van der Waals surface area contributed by atoms with Gasteiger partial charge in [-0.15, -0.1) is 24.4 Å². The molecule has 25 heavy (non-hydrogen) atoms. The molecule has 6 nitrogen and oxygen atoms in total. The quantitative estimate of drug-likeness (QED) is 0.134. The Morgan fingerprint density at radius 3 is 2.84 bits per heavy atom. The standard InChI is InChI=1S/C17H31N5OS2/c1-14(18)17(25-13-21(2)3)15(11-24)20-12-19-8-6-10-22-9-5-4-7-16(22)23/h11-12,24H,4-10,13,18H2,1-3H3,(H,19,20)/b15-11-,17-14-. The van der Waals surface area contributed by atoms with E-state index in [0.717, 1.165) is 54.5 Å². The van der Waals surface area contributed by atoms with E-state index in [4.69, 9.17) is 5.73 Å². The molecular formula is C17H31N5OS2. The number of thioether (sulfide) groups is 1. The number of carbonyl (C=O) groups is 1. The van der Waals surface area contributed by atoms with Crippen molar-refractivity contribution in [3.05, 3.63) is 21.7 Å². The van der Waals surface area contributed by atoms with E-state index in [1.165, 1.54) is 0 Å². The third kappa shape index (κ3) is 8.69. The third-order valence-corrected chi connectivity index (χ3v) is 5.38. The molecule has 3 N–H and O–H groups in total. The second-order valence-electron chi connectivity index (χ2n) is 6.28. The van der Waals surface area contributed by atoms with Gasteiger partial charge in [0.1, 0.15) is 0 Å². The van der Waals surface area contributed by atoms with E-state index < -0.39 is 0 Å². The fourth-order valence-corrected chi connectivity index (χ4v) is 3.57. The first-order valence-corrected chi connectivity index (χ1v) is 10.1. The summed E-state index contributed by atoms with van der Waals surface area (Å²) in [5, 5.41) is 4.86. The van der Waals surface area contributed by atoms with E-state index in [1.54, 1.807) is 23.5 Å². The van der Waals surface area contributed by atoms with Crippen molar-refractivity contribution in [2.75, 3.05) is 39.6 Å². The molecule has 1 heterocycles. The lowest BCUT2D eigenvalue weighted by Crippen LogP contribution is -2.36. The number of nitrogens with two attached hydrogens (primary N) is 1. The average Bonchev–Trinajstić information content (AvgIpc) is 2.57. The molecule has 0 atom stereocenters. The normalized spacial score (nSPS) is 17.4. The van der Waals surface area contributed by atoms with E-state index in [0.29, 0.717) is 13.0 Å². The highest BCUT2D eigenvalue weighted by Gasteiger charge is 2.16. The summed E-state index contributed by atoms with van der Waals surface area (Å²) in [6, 6.07) is 0. The van der Waals surface area contributed by atoms with E-state index >= 15 is 0 Å². The molecule has 0 radical (unpaired) electrons. The van der Waals surface area contributed by atoms with E-state index in [2.05, 4.69) is 27.8 Å². The zero-order valence-electron chi connectivity index (χ0n) is 15.5. The molecule has 0 saturated carbocycles. The minimum atomic E-state index is 0.278. The maximum atomic E-state index is 11.7. The SMILES string of the molecule is C/C(N)=C(SCN(C)C)\C(=C\S)NC=NCCCN1CCCCC1=O. The van der Waals surface area contributed by atoms with Crippen LogP contribution in [0.2, 0.25) is 0 Å². The van der Waals surface area contributed by atoms with Crippen molar-refractivity contribution < 1.29 is 4.79 Å². The van der Waals surface area contributed by atoms with Crippen LogP contribution in [0.5, 0.6) is 0 Å². The minimum Gasteiger partial charge on any atom is -0.401 e. The van der Waals surface area contributed by atoms with Crippen molar-refractivity contribution >= 4 is 36.6 Å². The van der Waals surface area contributed by atoms with Gasteiger partial charge in [-0.2, -0.15) is 0 Å². The third-order valence-electron chi connectivity index (χ3n) is 3.65. The summed E-state index contributed by atoms with van der Waals surface area (Å²) in [5.41, 5.74) is 7.58. The lowest BCUT2D eigenvalue weighted by atomic mass is 10.1. The van der Waals surface area contributed by atoms with Crippen LogP contribution in [0.15, 0.2) is 26.7 Å². The van der Waals surface area contributed by atoms with Crippen molar-refractivity contribution in [1.82, 2.24) is 15.1 Å². The van der Waals surface area contributed by atoms with Crippen molar-refractivity contribution in [2.24, 2.45) is 10.7 Å². The molecule has 8 heteroatoms. The molecule has 1 fully saturated rings. The Kier molecular flexibility index (Phi) is 10.8. The summed E-state index contributed by atoms with van der Waals surface area (Å²) in [4.78, 5) is 21.1. The number of piperidine rings is 1. The van der Waals surface area contributed by atoms with Gasteiger partial charge in [0, 0.05) is 37.6 Å². The van der Waals surface area contributed by atoms with Crippen molar-refractivity contribution in [2.45, 2.75) is 32.6 Å². The Labute approximate surface area is 161 Å². The van der Waals surface area contributed by atoms with Crippen molar-refractivity contribution in [3.8, 4) is 0 Å². The smallest absolute Gasteiger partial charge is 0.222 e. The van der Waals surface area contributed by atoms with Gasteiger partial charge in [-0.05, 0) is 45.7 Å². The number of amides is 1. The minimum absolute atomic E-state index is 0.278. The maximum Gasteiger partial charge on any atom is 0.222 e. The number of nitrogens with one attached hydrogen (secondary N) is 1. The first kappa shape index (κ1) is 21.9. The maximum absolute atomic E-state index is 11.7. The van der Waals surface area contributed by atoms with Crippen LogP contribution in [-0.4, -0.2) is 61.7 Å². The Hall–Kier alpha value is -1.12. The van der Waals surface area contributed by atoms with E-state index in [9.17, 15) is 4.79 Å². The lowest BCUT2D eigenvalue weighted by Gasteiger charge is -2.26. The van der Waals surface area contributed by atoms with Gasteiger partial charge in [0.2, 0.25) is 5.91 Å². The topological polar surface area (TPSA) is 74.0 Å². The van der Waals surface area contributed by atoms with Crippen molar-refractivity contribution in [1.29, 1.82) is 0 Å². The van der Waals surface area contributed by atoms with E-state index in [1.807, 2.05) is 25.9 Å². The number of allylic oxidation sites excluding steroid dienone is 1. The number of thiol groups is 1. The summed E-state index contributed by atoms with van der Waals surface area (Å²) in [7, 11) is 4.03. The van der Waals surface area contributed by atoms with Crippen LogP contribution in [0, 0.1) is 0 Å². The number of rotatable bonds is 10. The summed E-state index contributed by atoms with van der Waals surface area (Å²) < 4.78 is 0. The van der Waals surface area contributed by atoms with Crippen LogP contribution in [0.1, 0.15) is 32.6 Å². The molecule has 0 unspecified atom stereocenters. The summed E-state index contributed by atoms with van der Waals surface area (Å²) >= 11 is 5.92. The molecule has 142 valence electrons. The molecule has 0 bridgehead atoms. The monoisotopic (exact) mass is 385 g/mol. The van der Waals surface area contributed by atoms with Gasteiger partial charge < -0.3 is 16.0 Å². The van der Waals surface area contributed by atoms with E-state index in [-0.39, 0.29) is 5.91 Å². The Balaban J connectivity index is 2.38. The molecule has 1 rings (SSSR count). The molecule has 0 aliphatic carbocycles. The molecule has 0 aromatic heterocycles. The van der Waals surface area contributed by atoms with Gasteiger partial charge in [-0.25, -0.2) is 0 Å². The van der Waals surface area contributed by atoms with Gasteiger partial charge in [0.25, 0.3) is 0 Å². The molecule has 1 aliphatic heterocycles. The largest absolute Gasteiger partial charge is 0.401 e. The van der Waals surface area contributed by atoms with Gasteiger partial charge >= 0.3 is 0 Å². The van der Waals surface area contributed by atoms with Crippen molar-refractivity contribution in [3.63, 3.8) is 0 Å². The number of nitrogens with zero attached hydrogens (tertiary/aromatic N) is 3. The van der Waals surface area contributed by atoms with Crippen LogP contribution < -0.4 is 11.1 Å². The van der Waals surface area contributed by atoms with Gasteiger partial charge in [-0.3, -0.25) is 14.7 Å². The Bertz CT molecular complexity index is 513. The predicted octanol–water partition coefficient (Wildman–Crippen LogP) is 2.22. The number of aliphatic imine (C=N–C) groups is 1. The van der Waals surface area contributed by atoms with Crippen LogP contribution in [0.25, 0.3) is 0 Å². The predicted molar refractivity (Wildman–Crippen MR) is 112 cm³/mol. The second kappa shape index (κ2) is 12.3. The summed E-state index contributed by atoms with van der Waals surface area (Å²) in [6.07, 6.45) is 5.39. The molecule has 0 aromatic rings. The fraction of sp³-hybridized carbons (Fsp3) is 0.647. The zero-order valence-corrected chi connectivity index (χ0v) is 17.2. The number of carbonyl (C=O) groups excluding carboxylic acids is 1. The highest BCUT2D eigenvalue weighted by molar-refractivity contribution is 8.03. The fourth-order valence-electron chi connectivity index (χ4n) is 2.39. The van der Waals surface area contributed by atoms with Crippen LogP contribution in [0.3, 0.4) is 0 Å². The molecule has 0 spiro atoms. The Morgan fingerprint density at radius 1 is 1.48 bits per heavy atom. The first-order chi connectivity index (χ1) is 12.0.